The first-order valence-electron chi connectivity index (χ1n) is 4.73. The predicted molar refractivity (Wildman–Crippen MR) is 50.9 cm³/mol. The Bertz CT molecular complexity index is 119. The zero-order valence-electron chi connectivity index (χ0n) is 8.92. The minimum Gasteiger partial charge on any atom is -0.368 e. The molecule has 1 unspecified atom stereocenters. The molecule has 0 aliphatic heterocycles. The van der Waals surface area contributed by atoms with E-state index in [4.69, 9.17) is 4.74 Å². The summed E-state index contributed by atoms with van der Waals surface area (Å²) in [6, 6.07) is 0. The molecule has 0 radical (unpaired) electrons. The Morgan fingerprint density at radius 1 is 1.33 bits per heavy atom. The maximum atomic E-state index is 9.46. The third-order valence-corrected chi connectivity index (χ3v) is 1.98. The maximum absolute atomic E-state index is 9.46. The fraction of sp³-hybridized carbons (Fsp3) is 1.00. The van der Waals surface area contributed by atoms with Crippen LogP contribution in [0.15, 0.2) is 0 Å². The first-order chi connectivity index (χ1) is 5.37. The van der Waals surface area contributed by atoms with E-state index in [1.807, 2.05) is 13.8 Å². The Morgan fingerprint density at radius 2 is 1.83 bits per heavy atom. The van der Waals surface area contributed by atoms with Gasteiger partial charge >= 0.3 is 0 Å². The first-order valence-corrected chi connectivity index (χ1v) is 4.73. The van der Waals surface area contributed by atoms with Crippen molar-refractivity contribution in [2.75, 3.05) is 0 Å². The lowest BCUT2D eigenvalue weighted by Crippen LogP contribution is -2.30. The molecule has 0 aromatic heterocycles. The highest BCUT2D eigenvalue weighted by Gasteiger charge is 2.20. The van der Waals surface area contributed by atoms with Crippen molar-refractivity contribution in [3.05, 3.63) is 0 Å². The summed E-state index contributed by atoms with van der Waals surface area (Å²) >= 11 is 0. The Labute approximate surface area is 75.9 Å². The molecule has 0 aromatic rings. The van der Waals surface area contributed by atoms with Gasteiger partial charge in [-0.25, -0.2) is 0 Å². The zero-order valence-corrected chi connectivity index (χ0v) is 8.92. The van der Waals surface area contributed by atoms with Crippen LogP contribution in [0, 0.1) is 5.92 Å². The van der Waals surface area contributed by atoms with Crippen LogP contribution in [0.4, 0.5) is 0 Å². The molecule has 0 saturated carbocycles. The van der Waals surface area contributed by atoms with Gasteiger partial charge < -0.3 is 9.84 Å². The molecule has 0 fully saturated rings. The lowest BCUT2D eigenvalue weighted by Gasteiger charge is -2.27. The third-order valence-electron chi connectivity index (χ3n) is 1.98. The Kier molecular flexibility index (Phi) is 4.80. The normalized spacial score (nSPS) is 15.2. The highest BCUT2D eigenvalue weighted by molar-refractivity contribution is 4.66. The van der Waals surface area contributed by atoms with Gasteiger partial charge in [0, 0.05) is 6.42 Å². The van der Waals surface area contributed by atoms with Crippen LogP contribution in [-0.4, -0.2) is 17.0 Å². The van der Waals surface area contributed by atoms with Crippen molar-refractivity contribution in [1.82, 2.24) is 0 Å². The van der Waals surface area contributed by atoms with E-state index in [0.717, 1.165) is 6.42 Å². The molecule has 0 rings (SSSR count). The van der Waals surface area contributed by atoms with Crippen LogP contribution in [0.5, 0.6) is 0 Å². The summed E-state index contributed by atoms with van der Waals surface area (Å²) in [4.78, 5) is 0. The summed E-state index contributed by atoms with van der Waals surface area (Å²) in [6.45, 7) is 10.2. The zero-order chi connectivity index (χ0) is 9.78. The van der Waals surface area contributed by atoms with Gasteiger partial charge in [0.25, 0.3) is 0 Å². The second-order valence-electron chi connectivity index (χ2n) is 4.32. The average Bonchev–Trinajstić information content (AvgIpc) is 1.84. The fourth-order valence-electron chi connectivity index (χ4n) is 0.903. The van der Waals surface area contributed by atoms with Gasteiger partial charge in [0.1, 0.15) is 0 Å². The lowest BCUT2D eigenvalue weighted by atomic mass is 10.1. The van der Waals surface area contributed by atoms with Crippen LogP contribution >= 0.6 is 0 Å². The predicted octanol–water partition coefficient (Wildman–Crippen LogP) is 2.56. The van der Waals surface area contributed by atoms with Gasteiger partial charge in [0.05, 0.1) is 5.60 Å². The van der Waals surface area contributed by atoms with Crippen molar-refractivity contribution < 1.29 is 9.84 Å². The van der Waals surface area contributed by atoms with Crippen molar-refractivity contribution in [2.45, 2.75) is 59.4 Å². The maximum Gasteiger partial charge on any atom is 0.155 e. The number of aliphatic hydroxyl groups excluding tert-OH is 1. The number of ether oxygens (including phenoxy) is 1. The average molecular weight is 174 g/mol. The highest BCUT2D eigenvalue weighted by Crippen LogP contribution is 2.18. The van der Waals surface area contributed by atoms with E-state index in [1.165, 1.54) is 0 Å². The molecular formula is C10H22O2. The van der Waals surface area contributed by atoms with Gasteiger partial charge in [0.15, 0.2) is 6.29 Å². The summed E-state index contributed by atoms with van der Waals surface area (Å²) < 4.78 is 5.45. The van der Waals surface area contributed by atoms with Gasteiger partial charge in [-0.15, -0.1) is 0 Å². The second kappa shape index (κ2) is 4.83. The Balaban J connectivity index is 3.75. The molecule has 2 nitrogen and oxygen atoms in total. The monoisotopic (exact) mass is 174 g/mol. The van der Waals surface area contributed by atoms with E-state index < -0.39 is 6.29 Å². The molecule has 0 amide bonds. The molecule has 0 aromatic carbocycles. The molecule has 1 N–H and O–H groups in total. The van der Waals surface area contributed by atoms with E-state index in [9.17, 15) is 5.11 Å². The van der Waals surface area contributed by atoms with E-state index in [-0.39, 0.29) is 5.60 Å². The van der Waals surface area contributed by atoms with Crippen LogP contribution in [0.2, 0.25) is 0 Å². The molecule has 0 aliphatic rings. The van der Waals surface area contributed by atoms with Crippen LogP contribution < -0.4 is 0 Å². The van der Waals surface area contributed by atoms with Gasteiger partial charge in [-0.1, -0.05) is 20.8 Å². The summed E-state index contributed by atoms with van der Waals surface area (Å²) in [5, 5.41) is 9.46. The number of rotatable bonds is 5. The highest BCUT2D eigenvalue weighted by atomic mass is 16.6. The number of aliphatic hydroxyl groups is 1. The summed E-state index contributed by atoms with van der Waals surface area (Å²) in [6.07, 6.45) is 1.02. The molecular weight excluding hydrogens is 152 g/mol. The van der Waals surface area contributed by atoms with Crippen molar-refractivity contribution in [2.24, 2.45) is 5.92 Å². The molecule has 1 atom stereocenters. The fourth-order valence-corrected chi connectivity index (χ4v) is 0.903. The summed E-state index contributed by atoms with van der Waals surface area (Å²) in [7, 11) is 0. The van der Waals surface area contributed by atoms with Crippen LogP contribution in [0.3, 0.4) is 0 Å². The second-order valence-corrected chi connectivity index (χ2v) is 4.32. The van der Waals surface area contributed by atoms with E-state index >= 15 is 0 Å². The van der Waals surface area contributed by atoms with Gasteiger partial charge in [0.2, 0.25) is 0 Å². The summed E-state index contributed by atoms with van der Waals surface area (Å²) in [5.74, 6) is 0.479. The third kappa shape index (κ3) is 5.56. The quantitative estimate of drug-likeness (QED) is 0.649. The molecule has 74 valence electrons. The minimum absolute atomic E-state index is 0.200. The SMILES string of the molecule is CCC(C)(C)OC(O)CC(C)C. The van der Waals surface area contributed by atoms with Crippen molar-refractivity contribution >= 4 is 0 Å². The molecule has 0 bridgehead atoms. The topological polar surface area (TPSA) is 29.5 Å². The molecule has 2 heteroatoms. The molecule has 0 saturated heterocycles. The molecule has 12 heavy (non-hydrogen) atoms. The van der Waals surface area contributed by atoms with Crippen molar-refractivity contribution in [1.29, 1.82) is 0 Å². The van der Waals surface area contributed by atoms with Crippen LogP contribution in [0.1, 0.15) is 47.5 Å². The Morgan fingerprint density at radius 3 is 2.17 bits per heavy atom. The smallest absolute Gasteiger partial charge is 0.155 e. The van der Waals surface area contributed by atoms with E-state index in [0.29, 0.717) is 12.3 Å². The molecule has 0 heterocycles. The lowest BCUT2D eigenvalue weighted by molar-refractivity contribution is -0.179. The van der Waals surface area contributed by atoms with Crippen LogP contribution in [0.25, 0.3) is 0 Å². The summed E-state index contributed by atoms with van der Waals surface area (Å²) in [5.41, 5.74) is -0.200. The van der Waals surface area contributed by atoms with E-state index in [2.05, 4.69) is 20.8 Å². The largest absolute Gasteiger partial charge is 0.368 e. The minimum atomic E-state index is -0.611. The van der Waals surface area contributed by atoms with Crippen molar-refractivity contribution in [3.8, 4) is 0 Å². The van der Waals surface area contributed by atoms with Gasteiger partial charge in [-0.3, -0.25) is 0 Å². The number of hydrogen-bond acceptors (Lipinski definition) is 2. The number of hydrogen-bond donors (Lipinski definition) is 1. The van der Waals surface area contributed by atoms with E-state index in [1.54, 1.807) is 0 Å². The first kappa shape index (κ1) is 11.9. The Hall–Kier alpha value is -0.0800. The standard InChI is InChI=1S/C10H22O2/c1-6-10(4,5)12-9(11)7-8(2)3/h8-9,11H,6-7H2,1-5H3. The molecule has 0 spiro atoms. The van der Waals surface area contributed by atoms with Gasteiger partial charge in [-0.2, -0.15) is 0 Å². The van der Waals surface area contributed by atoms with Crippen LogP contribution in [-0.2, 0) is 4.74 Å². The molecule has 0 aliphatic carbocycles. The van der Waals surface area contributed by atoms with Gasteiger partial charge in [-0.05, 0) is 26.2 Å². The van der Waals surface area contributed by atoms with Crippen molar-refractivity contribution in [3.63, 3.8) is 0 Å².